The highest BCUT2D eigenvalue weighted by Gasteiger charge is 2.30. The summed E-state index contributed by atoms with van der Waals surface area (Å²) >= 11 is 0. The van der Waals surface area contributed by atoms with Crippen LogP contribution in [0.1, 0.15) is 54.8 Å². The summed E-state index contributed by atoms with van der Waals surface area (Å²) < 4.78 is 3.94. The van der Waals surface area contributed by atoms with Crippen molar-refractivity contribution < 1.29 is 0 Å². The molecule has 1 saturated heterocycles. The smallest absolute Gasteiger partial charge is 0.224 e. The highest BCUT2D eigenvalue weighted by atomic mass is 15.5. The Morgan fingerprint density at radius 2 is 1.73 bits per heavy atom. The molecule has 5 rings (SSSR count). The molecule has 26 heavy (non-hydrogen) atoms. The molecule has 2 fully saturated rings. The third kappa shape index (κ3) is 2.65. The van der Waals surface area contributed by atoms with E-state index in [2.05, 4.69) is 24.6 Å². The Kier molecular flexibility index (Phi) is 3.51. The van der Waals surface area contributed by atoms with E-state index in [-0.39, 0.29) is 0 Å². The van der Waals surface area contributed by atoms with Crippen molar-refractivity contribution in [2.24, 2.45) is 0 Å². The Morgan fingerprint density at radius 3 is 2.42 bits per heavy atom. The van der Waals surface area contributed by atoms with Gasteiger partial charge in [0, 0.05) is 19.3 Å². The average Bonchev–Trinajstić information content (AvgIpc) is 3.06. The Labute approximate surface area is 151 Å². The number of hydrogen-bond acceptors (Lipinski definition) is 6. The van der Waals surface area contributed by atoms with E-state index < -0.39 is 0 Å². The van der Waals surface area contributed by atoms with E-state index in [0.717, 1.165) is 41.9 Å². The predicted octanol–water partition coefficient (Wildman–Crippen LogP) is 2.44. The van der Waals surface area contributed by atoms with Crippen LogP contribution in [0.25, 0.3) is 17.8 Å². The molecular formula is C18H22N8. The van der Waals surface area contributed by atoms with E-state index in [0.29, 0.717) is 11.9 Å². The molecule has 0 atom stereocenters. The third-order valence-corrected chi connectivity index (χ3v) is 5.02. The summed E-state index contributed by atoms with van der Waals surface area (Å²) in [6, 6.07) is 0.518. The molecule has 3 aromatic rings. The highest BCUT2D eigenvalue weighted by molar-refractivity contribution is 5.64. The van der Waals surface area contributed by atoms with E-state index >= 15 is 0 Å². The normalized spacial score (nSPS) is 17.8. The molecule has 3 aromatic heterocycles. The SMILES string of the molecule is Cc1ncc(C)n2nc(/C=C/c3nc(N4CCCC4)n(C4CC4)n3)nc12. The molecule has 0 amide bonds. The van der Waals surface area contributed by atoms with Gasteiger partial charge < -0.3 is 4.90 Å². The van der Waals surface area contributed by atoms with E-state index in [9.17, 15) is 0 Å². The van der Waals surface area contributed by atoms with Crippen molar-refractivity contribution in [3.8, 4) is 0 Å². The topological polar surface area (TPSA) is 77.0 Å². The minimum Gasteiger partial charge on any atom is -0.341 e. The average molecular weight is 350 g/mol. The largest absolute Gasteiger partial charge is 0.341 e. The van der Waals surface area contributed by atoms with Gasteiger partial charge in [0.1, 0.15) is 0 Å². The predicted molar refractivity (Wildman–Crippen MR) is 98.9 cm³/mol. The van der Waals surface area contributed by atoms with Crippen LogP contribution in [0.4, 0.5) is 5.95 Å². The van der Waals surface area contributed by atoms with Gasteiger partial charge in [-0.3, -0.25) is 4.98 Å². The number of aromatic nitrogens is 7. The van der Waals surface area contributed by atoms with Gasteiger partial charge in [0.25, 0.3) is 0 Å². The molecule has 0 radical (unpaired) electrons. The van der Waals surface area contributed by atoms with Gasteiger partial charge in [0.15, 0.2) is 17.3 Å². The summed E-state index contributed by atoms with van der Waals surface area (Å²) in [6.07, 6.45) is 10.5. The fourth-order valence-electron chi connectivity index (χ4n) is 3.43. The maximum absolute atomic E-state index is 4.77. The minimum absolute atomic E-state index is 0.518. The molecule has 8 heteroatoms. The third-order valence-electron chi connectivity index (χ3n) is 5.02. The van der Waals surface area contributed by atoms with Gasteiger partial charge in [0.2, 0.25) is 5.95 Å². The molecule has 0 unspecified atom stereocenters. The first-order chi connectivity index (χ1) is 12.7. The van der Waals surface area contributed by atoms with Crippen LogP contribution >= 0.6 is 0 Å². The summed E-state index contributed by atoms with van der Waals surface area (Å²) in [5.74, 6) is 2.39. The molecule has 1 aliphatic heterocycles. The van der Waals surface area contributed by atoms with E-state index in [1.54, 1.807) is 0 Å². The van der Waals surface area contributed by atoms with Gasteiger partial charge in [-0.25, -0.2) is 14.2 Å². The van der Waals surface area contributed by atoms with Crippen molar-refractivity contribution in [1.82, 2.24) is 34.3 Å². The Bertz CT molecular complexity index is 949. The number of aryl methyl sites for hydroxylation is 2. The summed E-state index contributed by atoms with van der Waals surface area (Å²) in [5, 5.41) is 9.27. The van der Waals surface area contributed by atoms with Crippen LogP contribution in [0.3, 0.4) is 0 Å². The van der Waals surface area contributed by atoms with Crippen LogP contribution in [0.2, 0.25) is 0 Å². The van der Waals surface area contributed by atoms with Gasteiger partial charge in [-0.15, -0.1) is 10.2 Å². The first-order valence-corrected chi connectivity index (χ1v) is 9.27. The van der Waals surface area contributed by atoms with Crippen LogP contribution in [0.15, 0.2) is 6.20 Å². The van der Waals surface area contributed by atoms with Gasteiger partial charge >= 0.3 is 0 Å². The van der Waals surface area contributed by atoms with Gasteiger partial charge in [-0.2, -0.15) is 4.98 Å². The van der Waals surface area contributed by atoms with Crippen LogP contribution in [0, 0.1) is 13.8 Å². The molecule has 1 saturated carbocycles. The molecule has 0 N–H and O–H groups in total. The standard InChI is InChI=1S/C18H22N8/c1-12-11-19-13(2)17-20-15(22-25(12)17)7-8-16-21-18(24-9-3-4-10-24)26(23-16)14-5-6-14/h7-8,11,14H,3-6,9-10H2,1-2H3/b8-7+. The minimum atomic E-state index is 0.518. The van der Waals surface area contributed by atoms with Crippen molar-refractivity contribution in [2.45, 2.75) is 45.6 Å². The fraction of sp³-hybridized carbons (Fsp3) is 0.500. The first kappa shape index (κ1) is 15.5. The summed E-state index contributed by atoms with van der Waals surface area (Å²) in [5.41, 5.74) is 2.62. The molecule has 134 valence electrons. The van der Waals surface area contributed by atoms with Crippen LogP contribution in [-0.4, -0.2) is 47.4 Å². The van der Waals surface area contributed by atoms with E-state index in [4.69, 9.17) is 10.1 Å². The lowest BCUT2D eigenvalue weighted by Gasteiger charge is -2.16. The maximum Gasteiger partial charge on any atom is 0.224 e. The molecule has 4 heterocycles. The molecule has 0 aromatic carbocycles. The van der Waals surface area contributed by atoms with E-state index in [1.807, 2.05) is 36.7 Å². The molecular weight excluding hydrogens is 328 g/mol. The lowest BCUT2D eigenvalue weighted by atomic mass is 10.4. The second-order valence-electron chi connectivity index (χ2n) is 7.16. The van der Waals surface area contributed by atoms with Gasteiger partial charge in [-0.1, -0.05) is 0 Å². The van der Waals surface area contributed by atoms with Crippen molar-refractivity contribution >= 4 is 23.7 Å². The molecule has 0 spiro atoms. The zero-order valence-electron chi connectivity index (χ0n) is 15.1. The van der Waals surface area contributed by atoms with Crippen molar-refractivity contribution in [1.29, 1.82) is 0 Å². The number of hydrogen-bond donors (Lipinski definition) is 0. The second-order valence-corrected chi connectivity index (χ2v) is 7.16. The summed E-state index contributed by atoms with van der Waals surface area (Å²) in [4.78, 5) is 16.0. The van der Waals surface area contributed by atoms with Crippen molar-refractivity contribution in [2.75, 3.05) is 18.0 Å². The summed E-state index contributed by atoms with van der Waals surface area (Å²) in [7, 11) is 0. The van der Waals surface area contributed by atoms with Crippen molar-refractivity contribution in [3.63, 3.8) is 0 Å². The quantitative estimate of drug-likeness (QED) is 0.719. The van der Waals surface area contributed by atoms with Gasteiger partial charge in [-0.05, 0) is 51.7 Å². The number of anilines is 1. The molecule has 1 aliphatic carbocycles. The first-order valence-electron chi connectivity index (χ1n) is 9.27. The monoisotopic (exact) mass is 350 g/mol. The van der Waals surface area contributed by atoms with Gasteiger partial charge in [0.05, 0.1) is 17.4 Å². The van der Waals surface area contributed by atoms with Crippen LogP contribution in [0.5, 0.6) is 0 Å². The fourth-order valence-corrected chi connectivity index (χ4v) is 3.43. The lowest BCUT2D eigenvalue weighted by molar-refractivity contribution is 0.627. The molecule has 0 bridgehead atoms. The Balaban J connectivity index is 1.46. The molecule has 8 nitrogen and oxygen atoms in total. The van der Waals surface area contributed by atoms with E-state index in [1.165, 1.54) is 25.7 Å². The zero-order valence-corrected chi connectivity index (χ0v) is 15.1. The maximum atomic E-state index is 4.77. The Morgan fingerprint density at radius 1 is 1.00 bits per heavy atom. The zero-order chi connectivity index (χ0) is 17.7. The number of nitrogens with zero attached hydrogens (tertiary/aromatic N) is 8. The van der Waals surface area contributed by atoms with Crippen molar-refractivity contribution in [3.05, 3.63) is 29.2 Å². The number of rotatable bonds is 4. The van der Waals surface area contributed by atoms with Crippen LogP contribution in [-0.2, 0) is 0 Å². The second kappa shape index (κ2) is 5.89. The van der Waals surface area contributed by atoms with Crippen LogP contribution < -0.4 is 4.90 Å². The lowest BCUT2D eigenvalue weighted by Crippen LogP contribution is -2.22. The molecule has 2 aliphatic rings. The highest BCUT2D eigenvalue weighted by Crippen LogP contribution is 2.37. The summed E-state index contributed by atoms with van der Waals surface area (Å²) in [6.45, 7) is 6.07. The Hall–Kier alpha value is -2.77. The number of fused-ring (bicyclic) bond motifs is 1.